The molecule has 1 N–H and O–H groups in total. The third kappa shape index (κ3) is 4.10. The van der Waals surface area contributed by atoms with Crippen LogP contribution in [0.4, 0.5) is 0 Å². The molecule has 1 aliphatic rings. The Morgan fingerprint density at radius 1 is 1.45 bits per heavy atom. The highest BCUT2D eigenvalue weighted by Crippen LogP contribution is 2.25. The Morgan fingerprint density at radius 3 is 3.00 bits per heavy atom. The van der Waals surface area contributed by atoms with Crippen LogP contribution in [0, 0.1) is 0 Å². The van der Waals surface area contributed by atoms with E-state index in [-0.39, 0.29) is 6.10 Å². The minimum atomic E-state index is 0.127. The molecule has 0 bridgehead atoms. The molecule has 0 aliphatic carbocycles. The van der Waals surface area contributed by atoms with Crippen molar-refractivity contribution in [3.63, 3.8) is 0 Å². The molecular weight excluding hydrogens is 256 g/mol. The molecule has 0 radical (unpaired) electrons. The van der Waals surface area contributed by atoms with Crippen LogP contribution in [0.2, 0.25) is 0 Å². The Morgan fingerprint density at radius 2 is 2.30 bits per heavy atom. The van der Waals surface area contributed by atoms with Crippen molar-refractivity contribution < 1.29 is 14.2 Å². The molecule has 1 saturated heterocycles. The number of nitrogens with one attached hydrogen (secondary N) is 1. The zero-order chi connectivity index (χ0) is 14.4. The number of rotatable bonds is 6. The van der Waals surface area contributed by atoms with Gasteiger partial charge in [-0.3, -0.25) is 0 Å². The molecule has 5 nitrogen and oxygen atoms in total. The Balaban J connectivity index is 1.99. The van der Waals surface area contributed by atoms with Gasteiger partial charge in [0, 0.05) is 31.3 Å². The number of hydrogen-bond donors (Lipinski definition) is 1. The molecule has 0 saturated carbocycles. The fraction of sp³-hybridized carbons (Fsp3) is 0.600. The molecule has 1 heterocycles. The van der Waals surface area contributed by atoms with Crippen molar-refractivity contribution in [2.45, 2.75) is 12.6 Å². The Hall–Kier alpha value is -1.30. The predicted molar refractivity (Wildman–Crippen MR) is 78.5 cm³/mol. The van der Waals surface area contributed by atoms with Crippen LogP contribution in [0.15, 0.2) is 18.2 Å². The molecular formula is C15H24N2O3. The molecule has 0 aromatic heterocycles. The molecule has 2 rings (SSSR count). The van der Waals surface area contributed by atoms with Gasteiger partial charge in [-0.25, -0.2) is 0 Å². The van der Waals surface area contributed by atoms with E-state index < -0.39 is 0 Å². The fourth-order valence-electron chi connectivity index (χ4n) is 2.28. The number of likely N-dealkylation sites (N-methyl/N-ethyl adjacent to an activating group) is 1. The maximum absolute atomic E-state index is 5.95. The maximum atomic E-state index is 5.95. The van der Waals surface area contributed by atoms with Crippen LogP contribution < -0.4 is 14.8 Å². The van der Waals surface area contributed by atoms with E-state index in [2.05, 4.69) is 17.3 Å². The Kier molecular flexibility index (Phi) is 5.64. The number of hydrogen-bond acceptors (Lipinski definition) is 5. The van der Waals surface area contributed by atoms with Gasteiger partial charge in [0.1, 0.15) is 24.2 Å². The average Bonchev–Trinajstić information content (AvgIpc) is 2.46. The van der Waals surface area contributed by atoms with Gasteiger partial charge in [-0.2, -0.15) is 0 Å². The van der Waals surface area contributed by atoms with E-state index in [4.69, 9.17) is 14.2 Å². The first-order valence-electron chi connectivity index (χ1n) is 6.97. The van der Waals surface area contributed by atoms with E-state index in [1.165, 1.54) is 0 Å². The zero-order valence-electron chi connectivity index (χ0n) is 12.5. The van der Waals surface area contributed by atoms with E-state index in [0.29, 0.717) is 6.61 Å². The second-order valence-electron chi connectivity index (χ2n) is 5.07. The average molecular weight is 280 g/mol. The standard InChI is InChI=1S/C15H24N2O3/c1-16-9-12-4-5-13(18-3)8-15(12)20-11-14-10-17(2)6-7-19-14/h4-5,8,14,16H,6-7,9-11H2,1-3H3. The van der Waals surface area contributed by atoms with Gasteiger partial charge in [0.2, 0.25) is 0 Å². The van der Waals surface area contributed by atoms with Crippen LogP contribution in [-0.2, 0) is 11.3 Å². The molecule has 1 unspecified atom stereocenters. The topological polar surface area (TPSA) is 43.0 Å². The normalized spacial score (nSPS) is 19.9. The van der Waals surface area contributed by atoms with Crippen molar-refractivity contribution >= 4 is 0 Å². The highest BCUT2D eigenvalue weighted by Gasteiger charge is 2.18. The third-order valence-corrected chi connectivity index (χ3v) is 3.41. The first-order chi connectivity index (χ1) is 9.72. The molecule has 0 amide bonds. The summed E-state index contributed by atoms with van der Waals surface area (Å²) in [6.45, 7) is 4.00. The Labute approximate surface area is 120 Å². The van der Waals surface area contributed by atoms with Gasteiger partial charge in [-0.15, -0.1) is 0 Å². The van der Waals surface area contributed by atoms with Crippen LogP contribution in [0.25, 0.3) is 0 Å². The van der Waals surface area contributed by atoms with E-state index in [1.54, 1.807) is 7.11 Å². The van der Waals surface area contributed by atoms with Crippen LogP contribution >= 0.6 is 0 Å². The van der Waals surface area contributed by atoms with Gasteiger partial charge in [0.15, 0.2) is 0 Å². The first kappa shape index (κ1) is 15.1. The summed E-state index contributed by atoms with van der Waals surface area (Å²) in [6, 6.07) is 5.90. The van der Waals surface area contributed by atoms with E-state index >= 15 is 0 Å². The summed E-state index contributed by atoms with van der Waals surface area (Å²) in [6.07, 6.45) is 0.127. The van der Waals surface area contributed by atoms with E-state index in [0.717, 1.165) is 43.3 Å². The monoisotopic (exact) mass is 280 g/mol. The number of ether oxygens (including phenoxy) is 3. The van der Waals surface area contributed by atoms with E-state index in [9.17, 15) is 0 Å². The quantitative estimate of drug-likeness (QED) is 0.846. The minimum absolute atomic E-state index is 0.127. The summed E-state index contributed by atoms with van der Waals surface area (Å²) in [5.74, 6) is 1.66. The van der Waals surface area contributed by atoms with Gasteiger partial charge < -0.3 is 24.4 Å². The van der Waals surface area contributed by atoms with Gasteiger partial charge in [-0.1, -0.05) is 6.07 Å². The first-order valence-corrected chi connectivity index (χ1v) is 6.97. The van der Waals surface area contributed by atoms with Gasteiger partial charge >= 0.3 is 0 Å². The van der Waals surface area contributed by atoms with Gasteiger partial charge in [0.25, 0.3) is 0 Å². The summed E-state index contributed by atoms with van der Waals surface area (Å²) in [4.78, 5) is 2.26. The lowest BCUT2D eigenvalue weighted by atomic mass is 10.2. The molecule has 112 valence electrons. The van der Waals surface area contributed by atoms with Gasteiger partial charge in [-0.05, 0) is 20.2 Å². The van der Waals surface area contributed by atoms with Crippen molar-refractivity contribution in [1.82, 2.24) is 10.2 Å². The lowest BCUT2D eigenvalue weighted by Gasteiger charge is -2.30. The zero-order valence-corrected chi connectivity index (χ0v) is 12.5. The van der Waals surface area contributed by atoms with Crippen LogP contribution in [0.3, 0.4) is 0 Å². The van der Waals surface area contributed by atoms with Crippen LogP contribution in [-0.4, -0.2) is 58.5 Å². The number of nitrogens with zero attached hydrogens (tertiary/aromatic N) is 1. The van der Waals surface area contributed by atoms with E-state index in [1.807, 2.05) is 25.2 Å². The highest BCUT2D eigenvalue weighted by atomic mass is 16.5. The lowest BCUT2D eigenvalue weighted by molar-refractivity contribution is -0.0405. The largest absolute Gasteiger partial charge is 0.497 e. The van der Waals surface area contributed by atoms with Gasteiger partial charge in [0.05, 0.1) is 13.7 Å². The summed E-state index contributed by atoms with van der Waals surface area (Å²) in [5, 5.41) is 3.15. The summed E-state index contributed by atoms with van der Waals surface area (Å²) in [5.41, 5.74) is 1.12. The predicted octanol–water partition coefficient (Wildman–Crippen LogP) is 1.12. The van der Waals surface area contributed by atoms with Crippen molar-refractivity contribution in [1.29, 1.82) is 0 Å². The Bertz CT molecular complexity index is 426. The molecule has 1 aromatic rings. The highest BCUT2D eigenvalue weighted by molar-refractivity contribution is 5.40. The maximum Gasteiger partial charge on any atom is 0.127 e. The molecule has 0 spiro atoms. The summed E-state index contributed by atoms with van der Waals surface area (Å²) in [7, 11) is 5.69. The van der Waals surface area contributed by atoms with Crippen molar-refractivity contribution in [2.24, 2.45) is 0 Å². The van der Waals surface area contributed by atoms with Crippen molar-refractivity contribution in [3.05, 3.63) is 23.8 Å². The minimum Gasteiger partial charge on any atom is -0.497 e. The number of benzene rings is 1. The molecule has 1 aromatic carbocycles. The molecule has 1 aliphatic heterocycles. The molecule has 1 atom stereocenters. The second kappa shape index (κ2) is 7.47. The summed E-state index contributed by atoms with van der Waals surface area (Å²) >= 11 is 0. The van der Waals surface area contributed by atoms with Crippen molar-refractivity contribution in [3.8, 4) is 11.5 Å². The van der Waals surface area contributed by atoms with Crippen LogP contribution in [0.5, 0.6) is 11.5 Å². The second-order valence-corrected chi connectivity index (χ2v) is 5.07. The van der Waals surface area contributed by atoms with Crippen LogP contribution in [0.1, 0.15) is 5.56 Å². The molecule has 5 heteroatoms. The number of morpholine rings is 1. The molecule has 1 fully saturated rings. The third-order valence-electron chi connectivity index (χ3n) is 3.41. The molecule has 20 heavy (non-hydrogen) atoms. The smallest absolute Gasteiger partial charge is 0.127 e. The summed E-state index contributed by atoms with van der Waals surface area (Å²) < 4.78 is 16.9. The fourth-order valence-corrected chi connectivity index (χ4v) is 2.28. The van der Waals surface area contributed by atoms with Crippen molar-refractivity contribution in [2.75, 3.05) is 47.5 Å². The lowest BCUT2D eigenvalue weighted by Crippen LogP contribution is -2.42. The SMILES string of the molecule is CNCc1ccc(OC)cc1OCC1CN(C)CCO1. The number of methoxy groups -OCH3 is 1.